The first-order valence-electron chi connectivity index (χ1n) is 4.94. The van der Waals surface area contributed by atoms with E-state index in [2.05, 4.69) is 4.98 Å². The Morgan fingerprint density at radius 3 is 2.76 bits per heavy atom. The van der Waals surface area contributed by atoms with Crippen molar-refractivity contribution in [2.24, 2.45) is 0 Å². The first-order valence-corrected chi connectivity index (χ1v) is 4.94. The van der Waals surface area contributed by atoms with Gasteiger partial charge < -0.3 is 14.5 Å². The maximum Gasteiger partial charge on any atom is 0.352 e. The average molecular weight is 229 g/mol. The van der Waals surface area contributed by atoms with E-state index in [0.29, 0.717) is 16.5 Å². The van der Waals surface area contributed by atoms with Gasteiger partial charge >= 0.3 is 11.6 Å². The third-order valence-corrected chi connectivity index (χ3v) is 2.63. The summed E-state index contributed by atoms with van der Waals surface area (Å²) in [5, 5.41) is 9.83. The van der Waals surface area contributed by atoms with Crippen LogP contribution in [0.2, 0.25) is 0 Å². The minimum absolute atomic E-state index is 0.0244. The smallest absolute Gasteiger partial charge is 0.352 e. The lowest BCUT2D eigenvalue weighted by atomic mass is 10.2. The molecule has 2 heterocycles. The molecule has 3 aromatic rings. The molecule has 84 valence electrons. The number of rotatable bonds is 1. The van der Waals surface area contributed by atoms with Crippen molar-refractivity contribution in [3.05, 3.63) is 46.4 Å². The molecule has 2 N–H and O–H groups in total. The van der Waals surface area contributed by atoms with Crippen LogP contribution in [-0.2, 0) is 0 Å². The lowest BCUT2D eigenvalue weighted by Crippen LogP contribution is -1.97. The lowest BCUT2D eigenvalue weighted by molar-refractivity contribution is 0.0691. The maximum atomic E-state index is 11.6. The van der Waals surface area contributed by atoms with Crippen LogP contribution in [0.25, 0.3) is 21.9 Å². The monoisotopic (exact) mass is 229 g/mol. The van der Waals surface area contributed by atoms with E-state index in [1.807, 2.05) is 0 Å². The number of fused-ring (bicyclic) bond motifs is 3. The highest BCUT2D eigenvalue weighted by molar-refractivity contribution is 6.05. The molecule has 0 radical (unpaired) electrons. The fourth-order valence-electron chi connectivity index (χ4n) is 1.86. The minimum Gasteiger partial charge on any atom is -0.477 e. The first kappa shape index (κ1) is 9.65. The number of aromatic carboxylic acids is 1. The van der Waals surface area contributed by atoms with Gasteiger partial charge in [0.15, 0.2) is 0 Å². The highest BCUT2D eigenvalue weighted by Crippen LogP contribution is 2.22. The molecule has 2 aromatic heterocycles. The molecule has 0 unspecified atom stereocenters. The second-order valence-corrected chi connectivity index (χ2v) is 3.66. The van der Waals surface area contributed by atoms with Crippen molar-refractivity contribution in [3.8, 4) is 0 Å². The van der Waals surface area contributed by atoms with Crippen molar-refractivity contribution in [2.45, 2.75) is 0 Å². The summed E-state index contributed by atoms with van der Waals surface area (Å²) in [7, 11) is 0. The van der Waals surface area contributed by atoms with E-state index in [9.17, 15) is 9.59 Å². The van der Waals surface area contributed by atoms with Gasteiger partial charge in [0.1, 0.15) is 11.3 Å². The molecule has 0 aliphatic heterocycles. The number of para-hydroxylation sites is 1. The zero-order valence-corrected chi connectivity index (χ0v) is 8.56. The predicted octanol–water partition coefficient (Wildman–Crippen LogP) is 1.97. The number of hydrogen-bond acceptors (Lipinski definition) is 3. The van der Waals surface area contributed by atoms with Crippen LogP contribution in [0.15, 0.2) is 39.5 Å². The van der Waals surface area contributed by atoms with Crippen molar-refractivity contribution >= 4 is 27.8 Å². The molecule has 0 spiro atoms. The number of benzene rings is 1. The molecule has 17 heavy (non-hydrogen) atoms. The van der Waals surface area contributed by atoms with Crippen molar-refractivity contribution in [3.63, 3.8) is 0 Å². The molecule has 0 saturated carbocycles. The molecule has 5 nitrogen and oxygen atoms in total. The standard InChI is InChI=1S/C12H7NO4/c14-11(15)8-5-7-10(13-8)6-3-1-2-4-9(6)17-12(7)16/h1-5,13H,(H,14,15). The van der Waals surface area contributed by atoms with E-state index in [-0.39, 0.29) is 11.1 Å². The molecule has 0 fully saturated rings. The molecule has 0 aliphatic rings. The summed E-state index contributed by atoms with van der Waals surface area (Å²) in [6.07, 6.45) is 0. The van der Waals surface area contributed by atoms with E-state index in [4.69, 9.17) is 9.52 Å². The Kier molecular flexibility index (Phi) is 1.82. The fraction of sp³-hybridized carbons (Fsp3) is 0. The number of nitrogens with one attached hydrogen (secondary N) is 1. The Bertz CT molecular complexity index is 797. The minimum atomic E-state index is -1.11. The van der Waals surface area contributed by atoms with Gasteiger partial charge in [-0.1, -0.05) is 12.1 Å². The number of hydrogen-bond donors (Lipinski definition) is 2. The summed E-state index contributed by atoms with van der Waals surface area (Å²) in [6.45, 7) is 0. The second kappa shape index (κ2) is 3.21. The summed E-state index contributed by atoms with van der Waals surface area (Å²) < 4.78 is 5.10. The molecule has 3 rings (SSSR count). The van der Waals surface area contributed by atoms with E-state index in [1.54, 1.807) is 24.3 Å². The molecular formula is C12H7NO4. The molecule has 0 atom stereocenters. The number of carboxylic acids is 1. The van der Waals surface area contributed by atoms with Crippen molar-refractivity contribution in [1.29, 1.82) is 0 Å². The highest BCUT2D eigenvalue weighted by Gasteiger charge is 2.13. The van der Waals surface area contributed by atoms with Gasteiger partial charge in [0.05, 0.1) is 10.9 Å². The summed E-state index contributed by atoms with van der Waals surface area (Å²) in [4.78, 5) is 25.2. The van der Waals surface area contributed by atoms with Gasteiger partial charge in [0.2, 0.25) is 0 Å². The summed E-state index contributed by atoms with van der Waals surface area (Å²) in [5.74, 6) is -1.11. The van der Waals surface area contributed by atoms with Gasteiger partial charge in [-0.25, -0.2) is 9.59 Å². The Balaban J connectivity index is 2.56. The Labute approximate surface area is 94.3 Å². The number of carboxylic acid groups (broad SMARTS) is 1. The van der Waals surface area contributed by atoms with Crippen LogP contribution < -0.4 is 5.63 Å². The van der Waals surface area contributed by atoms with Crippen LogP contribution >= 0.6 is 0 Å². The van der Waals surface area contributed by atoms with Crippen molar-refractivity contribution in [2.75, 3.05) is 0 Å². The van der Waals surface area contributed by atoms with Crippen LogP contribution in [0.1, 0.15) is 10.5 Å². The average Bonchev–Trinajstić information content (AvgIpc) is 2.75. The van der Waals surface area contributed by atoms with Crippen LogP contribution in [0.4, 0.5) is 0 Å². The largest absolute Gasteiger partial charge is 0.477 e. The van der Waals surface area contributed by atoms with Gasteiger partial charge in [0, 0.05) is 5.39 Å². The van der Waals surface area contributed by atoms with E-state index in [0.717, 1.165) is 0 Å². The Hall–Kier alpha value is -2.56. The zero-order chi connectivity index (χ0) is 12.0. The fourth-order valence-corrected chi connectivity index (χ4v) is 1.86. The van der Waals surface area contributed by atoms with Gasteiger partial charge in [-0.3, -0.25) is 0 Å². The molecule has 5 heteroatoms. The quantitative estimate of drug-likeness (QED) is 0.625. The SMILES string of the molecule is O=C(O)c1cc2c(=O)oc3ccccc3c2[nH]1. The van der Waals surface area contributed by atoms with Gasteiger partial charge in [-0.2, -0.15) is 0 Å². The third-order valence-electron chi connectivity index (χ3n) is 2.63. The summed E-state index contributed by atoms with van der Waals surface area (Å²) in [5.41, 5.74) is 0.365. The van der Waals surface area contributed by atoms with Crippen molar-refractivity contribution in [1.82, 2.24) is 4.98 Å². The first-order chi connectivity index (χ1) is 8.16. The molecular weight excluding hydrogens is 222 g/mol. The third kappa shape index (κ3) is 1.32. The molecule has 0 amide bonds. The normalized spacial score (nSPS) is 11.1. The number of H-pyrrole nitrogens is 1. The molecule has 1 aromatic carbocycles. The van der Waals surface area contributed by atoms with Crippen LogP contribution in [0.3, 0.4) is 0 Å². The van der Waals surface area contributed by atoms with E-state index >= 15 is 0 Å². The Morgan fingerprint density at radius 2 is 2.00 bits per heavy atom. The van der Waals surface area contributed by atoms with Crippen molar-refractivity contribution < 1.29 is 14.3 Å². The van der Waals surface area contributed by atoms with Gasteiger partial charge in [-0.05, 0) is 18.2 Å². The molecule has 0 bridgehead atoms. The summed E-state index contributed by atoms with van der Waals surface area (Å²) in [6, 6.07) is 8.26. The number of aromatic amines is 1. The van der Waals surface area contributed by atoms with E-state index in [1.165, 1.54) is 6.07 Å². The zero-order valence-electron chi connectivity index (χ0n) is 8.56. The van der Waals surface area contributed by atoms with Gasteiger partial charge in [-0.15, -0.1) is 0 Å². The molecule has 0 saturated heterocycles. The lowest BCUT2D eigenvalue weighted by Gasteiger charge is -1.96. The summed E-state index contributed by atoms with van der Waals surface area (Å²) >= 11 is 0. The number of aromatic nitrogens is 1. The molecule has 0 aliphatic carbocycles. The van der Waals surface area contributed by atoms with Gasteiger partial charge in [0.25, 0.3) is 0 Å². The van der Waals surface area contributed by atoms with Crippen LogP contribution in [-0.4, -0.2) is 16.1 Å². The second-order valence-electron chi connectivity index (χ2n) is 3.66. The topological polar surface area (TPSA) is 83.3 Å². The predicted molar refractivity (Wildman–Crippen MR) is 61.3 cm³/mol. The highest BCUT2D eigenvalue weighted by atomic mass is 16.4. The van der Waals surface area contributed by atoms with Crippen LogP contribution in [0, 0.1) is 0 Å². The number of carbonyl (C=O) groups is 1. The van der Waals surface area contributed by atoms with E-state index < -0.39 is 11.6 Å². The Morgan fingerprint density at radius 1 is 1.24 bits per heavy atom. The maximum absolute atomic E-state index is 11.6. The van der Waals surface area contributed by atoms with Crippen LogP contribution in [0.5, 0.6) is 0 Å².